The minimum atomic E-state index is -0.332. The van der Waals surface area contributed by atoms with E-state index in [1.54, 1.807) is 20.1 Å². The average Bonchev–Trinajstić information content (AvgIpc) is 2.77. The highest BCUT2D eigenvalue weighted by Gasteiger charge is 2.25. The number of benzene rings is 2. The molecule has 0 unspecified atom stereocenters. The van der Waals surface area contributed by atoms with Gasteiger partial charge in [0.2, 0.25) is 0 Å². The molecule has 2 aromatic carbocycles. The third-order valence-corrected chi connectivity index (χ3v) is 6.30. The van der Waals surface area contributed by atoms with Crippen molar-refractivity contribution in [2.24, 2.45) is 0 Å². The maximum absolute atomic E-state index is 13.3. The second-order valence-electron chi connectivity index (χ2n) is 8.59. The normalized spacial score (nSPS) is 15.8. The van der Waals surface area contributed by atoms with Gasteiger partial charge in [-0.25, -0.2) is 0 Å². The van der Waals surface area contributed by atoms with Crippen molar-refractivity contribution >= 4 is 11.6 Å². The molecule has 3 rings (SSSR count). The van der Waals surface area contributed by atoms with E-state index < -0.39 is 0 Å². The fourth-order valence-electron chi connectivity index (χ4n) is 4.42. The lowest BCUT2D eigenvalue weighted by Crippen LogP contribution is -2.38. The monoisotopic (exact) mass is 407 g/mol. The Hall–Kier alpha value is -2.46. The molecule has 1 fully saturated rings. The first-order chi connectivity index (χ1) is 14.4. The summed E-state index contributed by atoms with van der Waals surface area (Å²) in [4.78, 5) is 27.1. The smallest absolute Gasteiger partial charge is 0.180 e. The Kier molecular flexibility index (Phi) is 7.43. The van der Waals surface area contributed by atoms with Crippen LogP contribution in [0.2, 0.25) is 0 Å². The summed E-state index contributed by atoms with van der Waals surface area (Å²) in [5, 5.41) is 0. The maximum atomic E-state index is 13.3. The first-order valence-corrected chi connectivity index (χ1v) is 10.9. The van der Waals surface area contributed by atoms with Gasteiger partial charge < -0.3 is 4.74 Å². The molecule has 1 aliphatic carbocycles. The standard InChI is InChI=1S/C26H33NO3/c1-18(28)22-14-15-25(30-4)23(16-22)17-24(27(2)3)26(29)21-12-10-20(11-13-21)19-8-6-5-7-9-19/h10-16,19,24H,5-9,17H2,1-4H3/t24-/m0/s1. The molecule has 4 heteroatoms. The lowest BCUT2D eigenvalue weighted by molar-refractivity contribution is 0.0874. The third-order valence-electron chi connectivity index (χ3n) is 6.30. The molecule has 4 nitrogen and oxygen atoms in total. The largest absolute Gasteiger partial charge is 0.496 e. The van der Waals surface area contributed by atoms with Gasteiger partial charge in [-0.3, -0.25) is 14.5 Å². The van der Waals surface area contributed by atoms with Crippen LogP contribution in [-0.2, 0) is 6.42 Å². The van der Waals surface area contributed by atoms with Crippen LogP contribution >= 0.6 is 0 Å². The summed E-state index contributed by atoms with van der Waals surface area (Å²) in [5.74, 6) is 1.42. The van der Waals surface area contributed by atoms with E-state index in [0.29, 0.717) is 23.7 Å². The molecule has 0 amide bonds. The van der Waals surface area contributed by atoms with Gasteiger partial charge in [-0.05, 0) is 75.5 Å². The molecule has 0 saturated heterocycles. The minimum Gasteiger partial charge on any atom is -0.496 e. The van der Waals surface area contributed by atoms with Gasteiger partial charge in [-0.15, -0.1) is 0 Å². The molecule has 0 heterocycles. The Labute approximate surface area is 180 Å². The number of hydrogen-bond acceptors (Lipinski definition) is 4. The fourth-order valence-corrected chi connectivity index (χ4v) is 4.42. The van der Waals surface area contributed by atoms with Crippen molar-refractivity contribution < 1.29 is 14.3 Å². The Balaban J connectivity index is 1.82. The Morgan fingerprint density at radius 3 is 2.20 bits per heavy atom. The number of Topliss-reactive ketones (excluding diaryl/α,β-unsaturated/α-hetero) is 2. The first kappa shape index (κ1) is 22.2. The number of likely N-dealkylation sites (N-methyl/N-ethyl adjacent to an activating group) is 1. The van der Waals surface area contributed by atoms with E-state index >= 15 is 0 Å². The molecule has 0 bridgehead atoms. The lowest BCUT2D eigenvalue weighted by Gasteiger charge is -2.25. The number of carbonyl (C=O) groups excluding carboxylic acids is 2. The second kappa shape index (κ2) is 10.0. The van der Waals surface area contributed by atoms with Crippen LogP contribution in [0.3, 0.4) is 0 Å². The van der Waals surface area contributed by atoms with Crippen molar-refractivity contribution in [1.82, 2.24) is 4.90 Å². The van der Waals surface area contributed by atoms with Crippen molar-refractivity contribution in [3.8, 4) is 5.75 Å². The zero-order valence-corrected chi connectivity index (χ0v) is 18.6. The highest BCUT2D eigenvalue weighted by molar-refractivity contribution is 6.00. The van der Waals surface area contributed by atoms with E-state index in [2.05, 4.69) is 12.1 Å². The van der Waals surface area contributed by atoms with Crippen molar-refractivity contribution in [2.75, 3.05) is 21.2 Å². The number of methoxy groups -OCH3 is 1. The molecule has 160 valence electrons. The van der Waals surface area contributed by atoms with E-state index in [9.17, 15) is 9.59 Å². The van der Waals surface area contributed by atoms with Crippen molar-refractivity contribution in [3.05, 3.63) is 64.7 Å². The van der Waals surface area contributed by atoms with Crippen LogP contribution in [0.15, 0.2) is 42.5 Å². The van der Waals surface area contributed by atoms with Crippen LogP contribution in [0.5, 0.6) is 5.75 Å². The van der Waals surface area contributed by atoms with Gasteiger partial charge in [0.25, 0.3) is 0 Å². The number of rotatable bonds is 8. The quantitative estimate of drug-likeness (QED) is 0.557. The average molecular weight is 408 g/mol. The van der Waals surface area contributed by atoms with Crippen LogP contribution < -0.4 is 4.74 Å². The first-order valence-electron chi connectivity index (χ1n) is 10.9. The van der Waals surface area contributed by atoms with Gasteiger partial charge in [-0.2, -0.15) is 0 Å². The van der Waals surface area contributed by atoms with Crippen LogP contribution in [0.4, 0.5) is 0 Å². The van der Waals surface area contributed by atoms with Crippen LogP contribution in [-0.4, -0.2) is 43.7 Å². The molecule has 1 saturated carbocycles. The Bertz CT molecular complexity index is 880. The second-order valence-corrected chi connectivity index (χ2v) is 8.59. The molecule has 1 aliphatic rings. The minimum absolute atomic E-state index is 0.00457. The van der Waals surface area contributed by atoms with E-state index in [1.807, 2.05) is 43.3 Å². The van der Waals surface area contributed by atoms with Gasteiger partial charge in [0.1, 0.15) is 5.75 Å². The molecule has 0 aliphatic heterocycles. The third kappa shape index (κ3) is 5.17. The number of carbonyl (C=O) groups is 2. The molecule has 0 spiro atoms. The number of nitrogens with zero attached hydrogens (tertiary/aromatic N) is 1. The molecule has 30 heavy (non-hydrogen) atoms. The zero-order chi connectivity index (χ0) is 21.7. The topological polar surface area (TPSA) is 46.6 Å². The van der Waals surface area contributed by atoms with Crippen LogP contribution in [0.1, 0.15) is 76.8 Å². The number of ether oxygens (including phenoxy) is 1. The maximum Gasteiger partial charge on any atom is 0.180 e. The zero-order valence-electron chi connectivity index (χ0n) is 18.6. The summed E-state index contributed by atoms with van der Waals surface area (Å²) in [5.41, 5.74) is 3.59. The molecular weight excluding hydrogens is 374 g/mol. The van der Waals surface area contributed by atoms with Crippen molar-refractivity contribution in [1.29, 1.82) is 0 Å². The summed E-state index contributed by atoms with van der Waals surface area (Å²) >= 11 is 0. The predicted octanol–water partition coefficient (Wildman–Crippen LogP) is 5.30. The Morgan fingerprint density at radius 1 is 1.00 bits per heavy atom. The van der Waals surface area contributed by atoms with Crippen LogP contribution in [0.25, 0.3) is 0 Å². The van der Waals surface area contributed by atoms with Crippen LogP contribution in [0, 0.1) is 0 Å². The number of ketones is 2. The van der Waals surface area contributed by atoms with E-state index in [-0.39, 0.29) is 17.6 Å². The summed E-state index contributed by atoms with van der Waals surface area (Å²) in [6.45, 7) is 1.55. The van der Waals surface area contributed by atoms with Crippen molar-refractivity contribution in [2.45, 2.75) is 57.4 Å². The molecule has 0 aromatic heterocycles. The van der Waals surface area contributed by atoms with E-state index in [1.165, 1.54) is 37.7 Å². The van der Waals surface area contributed by atoms with E-state index in [0.717, 1.165) is 11.1 Å². The molecule has 2 aromatic rings. The molecule has 0 radical (unpaired) electrons. The fraction of sp³-hybridized carbons (Fsp3) is 0.462. The highest BCUT2D eigenvalue weighted by atomic mass is 16.5. The van der Waals surface area contributed by atoms with Crippen molar-refractivity contribution in [3.63, 3.8) is 0 Å². The predicted molar refractivity (Wildman–Crippen MR) is 121 cm³/mol. The summed E-state index contributed by atoms with van der Waals surface area (Å²) < 4.78 is 5.49. The van der Waals surface area contributed by atoms with E-state index in [4.69, 9.17) is 4.74 Å². The van der Waals surface area contributed by atoms with Gasteiger partial charge in [0, 0.05) is 11.1 Å². The highest BCUT2D eigenvalue weighted by Crippen LogP contribution is 2.33. The lowest BCUT2D eigenvalue weighted by atomic mass is 9.83. The molecule has 1 atom stereocenters. The SMILES string of the molecule is COc1ccc(C(C)=O)cc1C[C@@H](C(=O)c1ccc(C2CCCCC2)cc1)N(C)C. The summed E-state index contributed by atoms with van der Waals surface area (Å²) in [7, 11) is 5.45. The van der Waals surface area contributed by atoms with Gasteiger partial charge >= 0.3 is 0 Å². The molecule has 0 N–H and O–H groups in total. The van der Waals surface area contributed by atoms with Gasteiger partial charge in [-0.1, -0.05) is 43.5 Å². The summed E-state index contributed by atoms with van der Waals surface area (Å²) in [6, 6.07) is 13.3. The number of hydrogen-bond donors (Lipinski definition) is 0. The van der Waals surface area contributed by atoms with Gasteiger partial charge in [0.05, 0.1) is 13.2 Å². The Morgan fingerprint density at radius 2 is 1.63 bits per heavy atom. The van der Waals surface area contributed by atoms with Gasteiger partial charge in [0.15, 0.2) is 11.6 Å². The molecular formula is C26H33NO3. The summed E-state index contributed by atoms with van der Waals surface area (Å²) in [6.07, 6.45) is 6.93.